The molecule has 0 saturated carbocycles. The van der Waals surface area contributed by atoms with Gasteiger partial charge in [0, 0.05) is 12.0 Å². The zero-order chi connectivity index (χ0) is 18.5. The topological polar surface area (TPSA) is 52.5 Å². The van der Waals surface area contributed by atoms with Crippen LogP contribution >= 0.6 is 0 Å². The van der Waals surface area contributed by atoms with Crippen LogP contribution in [0.4, 0.5) is 4.39 Å². The molecule has 0 aliphatic heterocycles. The van der Waals surface area contributed by atoms with E-state index in [2.05, 4.69) is 29.5 Å². The van der Waals surface area contributed by atoms with Crippen LogP contribution in [0.25, 0.3) is 17.0 Å². The van der Waals surface area contributed by atoms with Crippen molar-refractivity contribution < 1.29 is 4.39 Å². The summed E-state index contributed by atoms with van der Waals surface area (Å²) < 4.78 is 12.9. The average molecular weight is 337 g/mol. The van der Waals surface area contributed by atoms with Crippen LogP contribution in [0.2, 0.25) is 0 Å². The lowest BCUT2D eigenvalue weighted by Gasteiger charge is -1.98. The fraction of sp³-hybridized carbons (Fsp3) is 0.238. The first-order valence-electron chi connectivity index (χ1n) is 8.29. The molecule has 0 unspecified atom stereocenters. The summed E-state index contributed by atoms with van der Waals surface area (Å²) in [4.78, 5) is 7.53. The molecular formula is C21H24FN3. The lowest BCUT2D eigenvalue weighted by atomic mass is 10.1. The summed E-state index contributed by atoms with van der Waals surface area (Å²) in [6.45, 7) is 7.73. The van der Waals surface area contributed by atoms with E-state index in [0.717, 1.165) is 41.9 Å². The van der Waals surface area contributed by atoms with Crippen LogP contribution in [0.3, 0.4) is 0 Å². The van der Waals surface area contributed by atoms with Crippen molar-refractivity contribution in [1.29, 1.82) is 5.26 Å². The molecule has 0 spiro atoms. The summed E-state index contributed by atoms with van der Waals surface area (Å²) in [6, 6.07) is 8.31. The molecule has 3 nitrogen and oxygen atoms in total. The fourth-order valence-electron chi connectivity index (χ4n) is 2.02. The second-order valence-electron chi connectivity index (χ2n) is 5.27. The van der Waals surface area contributed by atoms with E-state index in [9.17, 15) is 4.39 Å². The summed E-state index contributed by atoms with van der Waals surface area (Å²) in [5.74, 6) is 0.464. The third kappa shape index (κ3) is 7.01. The molecule has 0 bridgehead atoms. The molecule has 0 amide bonds. The van der Waals surface area contributed by atoms with Crippen molar-refractivity contribution in [3.05, 3.63) is 72.9 Å². The molecule has 1 N–H and O–H groups in total. The molecule has 0 fully saturated rings. The summed E-state index contributed by atoms with van der Waals surface area (Å²) >= 11 is 0. The summed E-state index contributed by atoms with van der Waals surface area (Å²) in [7, 11) is 0. The van der Waals surface area contributed by atoms with Gasteiger partial charge >= 0.3 is 0 Å². The van der Waals surface area contributed by atoms with E-state index in [0.29, 0.717) is 0 Å². The van der Waals surface area contributed by atoms with E-state index in [1.807, 2.05) is 25.2 Å². The molecular weight excluding hydrogens is 313 g/mol. The fourth-order valence-corrected chi connectivity index (χ4v) is 2.02. The minimum Gasteiger partial charge on any atom is -0.338 e. The van der Waals surface area contributed by atoms with Gasteiger partial charge in [-0.2, -0.15) is 5.26 Å². The average Bonchev–Trinajstić information content (AvgIpc) is 3.11. The smallest absolute Gasteiger partial charge is 0.137 e. The minimum absolute atomic E-state index is 0.253. The zero-order valence-corrected chi connectivity index (χ0v) is 14.8. The van der Waals surface area contributed by atoms with Crippen LogP contribution in [-0.2, 0) is 0 Å². The van der Waals surface area contributed by atoms with Gasteiger partial charge in [0.25, 0.3) is 0 Å². The monoisotopic (exact) mass is 337 g/mol. The molecule has 2 aromatic rings. The van der Waals surface area contributed by atoms with E-state index in [4.69, 9.17) is 5.26 Å². The molecule has 0 aliphatic carbocycles. The van der Waals surface area contributed by atoms with Crippen molar-refractivity contribution in [2.75, 3.05) is 0 Å². The van der Waals surface area contributed by atoms with Crippen LogP contribution < -0.4 is 0 Å². The number of hydrogen-bond donors (Lipinski definition) is 1. The Morgan fingerprint density at radius 3 is 2.60 bits per heavy atom. The van der Waals surface area contributed by atoms with Gasteiger partial charge in [0.15, 0.2) is 0 Å². The van der Waals surface area contributed by atoms with E-state index >= 15 is 0 Å². The number of halogens is 1. The number of nitrogens with one attached hydrogen (secondary N) is 1. The Bertz CT molecular complexity index is 746. The normalized spacial score (nSPS) is 10.9. The lowest BCUT2D eigenvalue weighted by molar-refractivity contribution is 0.628. The molecule has 1 aromatic carbocycles. The Labute approximate surface area is 149 Å². The maximum Gasteiger partial charge on any atom is 0.137 e. The summed E-state index contributed by atoms with van der Waals surface area (Å²) in [5, 5.41) is 7.95. The summed E-state index contributed by atoms with van der Waals surface area (Å²) in [6.07, 6.45) is 12.2. The number of benzene rings is 1. The van der Waals surface area contributed by atoms with Gasteiger partial charge in [-0.1, -0.05) is 44.2 Å². The highest BCUT2D eigenvalue weighted by Gasteiger charge is 2.05. The van der Waals surface area contributed by atoms with Gasteiger partial charge < -0.3 is 4.98 Å². The first-order valence-corrected chi connectivity index (χ1v) is 8.29. The summed E-state index contributed by atoms with van der Waals surface area (Å²) in [5.41, 5.74) is 2.75. The third-order valence-corrected chi connectivity index (χ3v) is 3.29. The highest BCUT2D eigenvalue weighted by molar-refractivity contribution is 5.74. The molecule has 2 rings (SSSR count). The number of imidazole rings is 1. The number of nitriles is 1. The van der Waals surface area contributed by atoms with Crippen LogP contribution in [0.5, 0.6) is 0 Å². The van der Waals surface area contributed by atoms with Gasteiger partial charge in [0.05, 0.1) is 18.0 Å². The van der Waals surface area contributed by atoms with Crippen molar-refractivity contribution in [2.24, 2.45) is 0 Å². The molecule has 25 heavy (non-hydrogen) atoms. The first kappa shape index (κ1) is 20.1. The Balaban J connectivity index is 0.000000450. The first-order chi connectivity index (χ1) is 12.2. The Hall–Kier alpha value is -2.93. The molecule has 0 aliphatic rings. The van der Waals surface area contributed by atoms with Gasteiger partial charge in [-0.05, 0) is 43.2 Å². The SMILES string of the molecule is C=C/C=C(\C=C/C)c1cnc(-c2ccc(F)cc2)[nH]1.CCCCC#N. The number of unbranched alkanes of at least 4 members (excludes halogenated alkanes) is 2. The second kappa shape index (κ2) is 11.6. The molecule has 1 heterocycles. The lowest BCUT2D eigenvalue weighted by Crippen LogP contribution is -1.83. The number of hydrogen-bond acceptors (Lipinski definition) is 2. The quantitative estimate of drug-likeness (QED) is 0.514. The van der Waals surface area contributed by atoms with E-state index in [-0.39, 0.29) is 5.82 Å². The van der Waals surface area contributed by atoms with Crippen LogP contribution in [0.1, 0.15) is 38.8 Å². The van der Waals surface area contributed by atoms with Crippen molar-refractivity contribution >= 4 is 5.57 Å². The highest BCUT2D eigenvalue weighted by Crippen LogP contribution is 2.20. The van der Waals surface area contributed by atoms with Crippen molar-refractivity contribution in [3.8, 4) is 17.5 Å². The van der Waals surface area contributed by atoms with Crippen molar-refractivity contribution in [1.82, 2.24) is 9.97 Å². The molecule has 130 valence electrons. The maximum absolute atomic E-state index is 12.9. The van der Waals surface area contributed by atoms with Crippen molar-refractivity contribution in [3.63, 3.8) is 0 Å². The van der Waals surface area contributed by atoms with Gasteiger partial charge in [-0.25, -0.2) is 9.37 Å². The molecule has 0 saturated heterocycles. The third-order valence-electron chi connectivity index (χ3n) is 3.29. The van der Waals surface area contributed by atoms with E-state index < -0.39 is 0 Å². The Morgan fingerprint density at radius 2 is 2.08 bits per heavy atom. The predicted octanol–water partition coefficient (Wildman–Crippen LogP) is 6.06. The molecule has 4 heteroatoms. The number of allylic oxidation sites excluding steroid dienone is 5. The van der Waals surface area contributed by atoms with E-state index in [1.165, 1.54) is 12.1 Å². The number of nitrogens with zero attached hydrogens (tertiary/aromatic N) is 2. The molecule has 0 atom stereocenters. The van der Waals surface area contributed by atoms with Crippen molar-refractivity contribution in [2.45, 2.75) is 33.1 Å². The second-order valence-corrected chi connectivity index (χ2v) is 5.27. The Kier molecular flexibility index (Phi) is 9.32. The Morgan fingerprint density at radius 1 is 1.36 bits per heavy atom. The number of rotatable bonds is 6. The minimum atomic E-state index is -0.253. The maximum atomic E-state index is 12.9. The van der Waals surface area contributed by atoms with Crippen LogP contribution in [-0.4, -0.2) is 9.97 Å². The number of aromatic nitrogens is 2. The molecule has 0 radical (unpaired) electrons. The van der Waals surface area contributed by atoms with Gasteiger partial charge in [0.1, 0.15) is 11.6 Å². The van der Waals surface area contributed by atoms with Crippen LogP contribution in [0.15, 0.2) is 61.3 Å². The van der Waals surface area contributed by atoms with Gasteiger partial charge in [-0.15, -0.1) is 0 Å². The largest absolute Gasteiger partial charge is 0.338 e. The van der Waals surface area contributed by atoms with Gasteiger partial charge in [-0.3, -0.25) is 0 Å². The molecule has 1 aromatic heterocycles. The van der Waals surface area contributed by atoms with E-state index in [1.54, 1.807) is 24.4 Å². The van der Waals surface area contributed by atoms with Crippen LogP contribution in [0, 0.1) is 17.1 Å². The zero-order valence-electron chi connectivity index (χ0n) is 14.8. The highest BCUT2D eigenvalue weighted by atomic mass is 19.1. The standard InChI is InChI=1S/C16H15FN2.C5H9N/c1-3-5-12(6-4-2)15-11-18-16(19-15)13-7-9-14(17)10-8-13;1-2-3-4-5-6/h3-11H,1H2,2H3,(H,18,19);2-4H2,1H3/b6-4-,12-5+;. The number of H-pyrrole nitrogens is 1. The predicted molar refractivity (Wildman–Crippen MR) is 102 cm³/mol. The number of aromatic amines is 1. The van der Waals surface area contributed by atoms with Gasteiger partial charge in [0.2, 0.25) is 0 Å².